The topological polar surface area (TPSA) is 72.1 Å². The predicted octanol–water partition coefficient (Wildman–Crippen LogP) is 5.33. The molecule has 0 unspecified atom stereocenters. The SMILES string of the molecule is Cc1scc(C(=O)N2CCCC[C@@H]2c2nnc(-c3nccc4ccccc34)o2)c1C. The van der Waals surface area contributed by atoms with Crippen LogP contribution in [0.3, 0.4) is 0 Å². The molecule has 5 rings (SSSR count). The van der Waals surface area contributed by atoms with Crippen molar-refractivity contribution in [2.45, 2.75) is 39.2 Å². The molecule has 1 atom stereocenters. The average molecular weight is 419 g/mol. The molecular weight excluding hydrogens is 396 g/mol. The van der Waals surface area contributed by atoms with Crippen LogP contribution in [0.2, 0.25) is 0 Å². The summed E-state index contributed by atoms with van der Waals surface area (Å²) in [5.41, 5.74) is 2.50. The van der Waals surface area contributed by atoms with Gasteiger partial charge in [-0.15, -0.1) is 21.5 Å². The van der Waals surface area contributed by atoms with Gasteiger partial charge in [0.05, 0.1) is 5.56 Å². The third kappa shape index (κ3) is 3.19. The van der Waals surface area contributed by atoms with E-state index in [2.05, 4.69) is 15.2 Å². The fraction of sp³-hybridized carbons (Fsp3) is 0.304. The lowest BCUT2D eigenvalue weighted by molar-refractivity contribution is 0.0572. The summed E-state index contributed by atoms with van der Waals surface area (Å²) in [6, 6.07) is 9.75. The molecule has 6 nitrogen and oxygen atoms in total. The number of aromatic nitrogens is 3. The molecule has 0 N–H and O–H groups in total. The number of nitrogens with zero attached hydrogens (tertiary/aromatic N) is 4. The number of fused-ring (bicyclic) bond motifs is 1. The quantitative estimate of drug-likeness (QED) is 0.450. The van der Waals surface area contributed by atoms with E-state index in [4.69, 9.17) is 4.42 Å². The number of piperidine rings is 1. The molecule has 1 amide bonds. The number of pyridine rings is 1. The summed E-state index contributed by atoms with van der Waals surface area (Å²) in [5, 5.41) is 12.6. The van der Waals surface area contributed by atoms with Crippen molar-refractivity contribution in [3.8, 4) is 11.6 Å². The highest BCUT2D eigenvalue weighted by molar-refractivity contribution is 7.10. The van der Waals surface area contributed by atoms with E-state index in [1.807, 2.05) is 54.5 Å². The van der Waals surface area contributed by atoms with Crippen molar-refractivity contribution in [1.82, 2.24) is 20.1 Å². The summed E-state index contributed by atoms with van der Waals surface area (Å²) in [7, 11) is 0. The van der Waals surface area contributed by atoms with Gasteiger partial charge in [-0.05, 0) is 50.1 Å². The van der Waals surface area contributed by atoms with Crippen LogP contribution in [0.25, 0.3) is 22.4 Å². The number of hydrogen-bond acceptors (Lipinski definition) is 6. The number of hydrogen-bond donors (Lipinski definition) is 0. The van der Waals surface area contributed by atoms with Gasteiger partial charge in [-0.3, -0.25) is 9.78 Å². The van der Waals surface area contributed by atoms with Crippen LogP contribution in [0, 0.1) is 13.8 Å². The molecule has 30 heavy (non-hydrogen) atoms. The van der Waals surface area contributed by atoms with Gasteiger partial charge < -0.3 is 9.32 Å². The van der Waals surface area contributed by atoms with Crippen LogP contribution in [-0.4, -0.2) is 32.5 Å². The molecule has 1 saturated heterocycles. The van der Waals surface area contributed by atoms with Crippen molar-refractivity contribution in [3.05, 3.63) is 63.8 Å². The first kappa shape index (κ1) is 18.9. The Hall–Kier alpha value is -3.06. The average Bonchev–Trinajstić information content (AvgIpc) is 3.40. The van der Waals surface area contributed by atoms with Gasteiger partial charge in [0.15, 0.2) is 0 Å². The molecule has 3 aromatic heterocycles. The number of benzene rings is 1. The second-order valence-electron chi connectivity index (χ2n) is 7.67. The van der Waals surface area contributed by atoms with E-state index in [0.717, 1.165) is 41.2 Å². The maximum atomic E-state index is 13.3. The monoisotopic (exact) mass is 418 g/mol. The molecule has 1 aliphatic heterocycles. The zero-order chi connectivity index (χ0) is 20.7. The molecule has 1 aliphatic rings. The highest BCUT2D eigenvalue weighted by atomic mass is 32.1. The van der Waals surface area contributed by atoms with E-state index in [9.17, 15) is 4.79 Å². The molecular formula is C23H22N4O2S. The Bertz CT molecular complexity index is 1220. The number of aryl methyl sites for hydroxylation is 1. The van der Waals surface area contributed by atoms with Gasteiger partial charge in [0.25, 0.3) is 11.8 Å². The standard InChI is InChI=1S/C23H22N4O2S/c1-14-15(2)30-13-18(14)23(28)27-12-6-5-9-19(27)21-25-26-22(29-21)20-17-8-4-3-7-16(17)10-11-24-20/h3-4,7-8,10-11,13,19H,5-6,9,12H2,1-2H3/t19-/m1/s1. The normalized spacial score (nSPS) is 16.9. The Balaban J connectivity index is 1.49. The van der Waals surface area contributed by atoms with Crippen LogP contribution in [0.1, 0.15) is 52.0 Å². The Morgan fingerprint density at radius 2 is 2.03 bits per heavy atom. The van der Waals surface area contributed by atoms with Crippen molar-refractivity contribution in [3.63, 3.8) is 0 Å². The van der Waals surface area contributed by atoms with Crippen LogP contribution in [0.4, 0.5) is 0 Å². The van der Waals surface area contributed by atoms with Gasteiger partial charge in [-0.25, -0.2) is 0 Å². The van der Waals surface area contributed by atoms with Crippen LogP contribution in [0.5, 0.6) is 0 Å². The lowest BCUT2D eigenvalue weighted by atomic mass is 10.0. The lowest BCUT2D eigenvalue weighted by Crippen LogP contribution is -2.38. The first-order valence-electron chi connectivity index (χ1n) is 10.2. The summed E-state index contributed by atoms with van der Waals surface area (Å²) in [6.45, 7) is 4.75. The molecule has 0 spiro atoms. The van der Waals surface area contributed by atoms with Gasteiger partial charge >= 0.3 is 0 Å². The third-order valence-electron chi connectivity index (χ3n) is 5.88. The van der Waals surface area contributed by atoms with E-state index in [1.54, 1.807) is 17.5 Å². The molecule has 0 saturated carbocycles. The Kier molecular flexibility index (Phi) is 4.83. The summed E-state index contributed by atoms with van der Waals surface area (Å²) in [6.07, 6.45) is 4.58. The summed E-state index contributed by atoms with van der Waals surface area (Å²) < 4.78 is 6.09. The number of thiophene rings is 1. The number of carbonyl (C=O) groups is 1. The Morgan fingerprint density at radius 1 is 1.17 bits per heavy atom. The van der Waals surface area contributed by atoms with Crippen molar-refractivity contribution in [2.24, 2.45) is 0 Å². The fourth-order valence-corrected chi connectivity index (χ4v) is 4.92. The van der Waals surface area contributed by atoms with Gasteiger partial charge in [0, 0.05) is 28.4 Å². The largest absolute Gasteiger partial charge is 0.417 e. The van der Waals surface area contributed by atoms with Crippen LogP contribution in [0.15, 0.2) is 46.3 Å². The zero-order valence-corrected chi connectivity index (χ0v) is 17.8. The second-order valence-corrected chi connectivity index (χ2v) is 8.75. The van der Waals surface area contributed by atoms with E-state index in [-0.39, 0.29) is 11.9 Å². The highest BCUT2D eigenvalue weighted by Gasteiger charge is 2.33. The molecule has 0 radical (unpaired) electrons. The minimum absolute atomic E-state index is 0.0459. The molecule has 1 aromatic carbocycles. The number of amides is 1. The third-order valence-corrected chi connectivity index (χ3v) is 6.89. The molecule has 0 bridgehead atoms. The minimum Gasteiger partial charge on any atom is -0.417 e. The number of rotatable bonds is 3. The fourth-order valence-electron chi connectivity index (χ4n) is 4.07. The highest BCUT2D eigenvalue weighted by Crippen LogP contribution is 2.35. The van der Waals surface area contributed by atoms with E-state index in [1.165, 1.54) is 4.88 Å². The van der Waals surface area contributed by atoms with Gasteiger partial charge in [0.2, 0.25) is 5.89 Å². The smallest absolute Gasteiger partial charge is 0.267 e. The van der Waals surface area contributed by atoms with Gasteiger partial charge in [0.1, 0.15) is 11.7 Å². The first-order valence-corrected chi connectivity index (χ1v) is 11.0. The maximum Gasteiger partial charge on any atom is 0.267 e. The van der Waals surface area contributed by atoms with Crippen LogP contribution >= 0.6 is 11.3 Å². The maximum absolute atomic E-state index is 13.3. The van der Waals surface area contributed by atoms with E-state index >= 15 is 0 Å². The molecule has 7 heteroatoms. The molecule has 1 fully saturated rings. The minimum atomic E-state index is -0.206. The molecule has 4 heterocycles. The van der Waals surface area contributed by atoms with Crippen LogP contribution in [-0.2, 0) is 0 Å². The van der Waals surface area contributed by atoms with Crippen LogP contribution < -0.4 is 0 Å². The van der Waals surface area contributed by atoms with Crippen molar-refractivity contribution in [1.29, 1.82) is 0 Å². The van der Waals surface area contributed by atoms with Crippen molar-refractivity contribution >= 4 is 28.0 Å². The van der Waals surface area contributed by atoms with Crippen molar-refractivity contribution < 1.29 is 9.21 Å². The van der Waals surface area contributed by atoms with Crippen molar-refractivity contribution in [2.75, 3.05) is 6.54 Å². The number of likely N-dealkylation sites (tertiary alicyclic amines) is 1. The second kappa shape index (κ2) is 7.65. The molecule has 0 aliphatic carbocycles. The van der Waals surface area contributed by atoms with Gasteiger partial charge in [-0.2, -0.15) is 0 Å². The van der Waals surface area contributed by atoms with Gasteiger partial charge in [-0.1, -0.05) is 24.3 Å². The summed E-state index contributed by atoms with van der Waals surface area (Å²) in [4.78, 5) is 20.8. The lowest BCUT2D eigenvalue weighted by Gasteiger charge is -2.33. The Labute approximate surface area is 178 Å². The zero-order valence-electron chi connectivity index (χ0n) is 17.0. The predicted molar refractivity (Wildman–Crippen MR) is 116 cm³/mol. The molecule has 4 aromatic rings. The summed E-state index contributed by atoms with van der Waals surface area (Å²) >= 11 is 1.62. The van der Waals surface area contributed by atoms with E-state index < -0.39 is 0 Å². The first-order chi connectivity index (χ1) is 14.6. The van der Waals surface area contributed by atoms with E-state index in [0.29, 0.717) is 24.0 Å². The molecule has 152 valence electrons. The summed E-state index contributed by atoms with van der Waals surface area (Å²) in [5.74, 6) is 0.921. The Morgan fingerprint density at radius 3 is 2.87 bits per heavy atom. The number of carbonyl (C=O) groups excluding carboxylic acids is 1.